The fraction of sp³-hybridized carbons (Fsp3) is 0.500. The molecule has 0 unspecified atom stereocenters. The van der Waals surface area contributed by atoms with Gasteiger partial charge in [0.05, 0.1) is 0 Å². The normalized spacial score (nSPS) is 20.1. The van der Waals surface area contributed by atoms with Crippen molar-refractivity contribution < 1.29 is 16.1 Å². The summed E-state index contributed by atoms with van der Waals surface area (Å²) in [5.74, 6) is 0. The van der Waals surface area contributed by atoms with Crippen molar-refractivity contribution in [3.05, 3.63) is 22.2 Å². The van der Waals surface area contributed by atoms with Gasteiger partial charge >= 0.3 is 60.6 Å². The fourth-order valence-corrected chi connectivity index (χ4v) is 3.83. The van der Waals surface area contributed by atoms with Crippen molar-refractivity contribution in [2.24, 2.45) is 0 Å². The summed E-state index contributed by atoms with van der Waals surface area (Å²) in [5, 5.41) is 7.28. The van der Waals surface area contributed by atoms with Gasteiger partial charge in [-0.1, -0.05) is 0 Å². The second kappa shape index (κ2) is 2.42. The van der Waals surface area contributed by atoms with Crippen molar-refractivity contribution in [2.75, 3.05) is 0 Å². The molecule has 0 bridgehead atoms. The Balaban J connectivity index is 2.73. The van der Waals surface area contributed by atoms with Gasteiger partial charge in [-0.25, -0.2) is 0 Å². The maximum absolute atomic E-state index is 2.43. The van der Waals surface area contributed by atoms with Crippen LogP contribution in [0, 0.1) is 0 Å². The number of rotatable bonds is 1. The van der Waals surface area contributed by atoms with E-state index < -0.39 is 16.1 Å². The molecule has 0 saturated carbocycles. The molecule has 0 radical (unpaired) electrons. The van der Waals surface area contributed by atoms with E-state index >= 15 is 0 Å². The summed E-state index contributed by atoms with van der Waals surface area (Å²) < 4.78 is 1.66. The van der Waals surface area contributed by atoms with Crippen molar-refractivity contribution >= 4 is 0 Å². The van der Waals surface area contributed by atoms with Crippen LogP contribution in [0.4, 0.5) is 0 Å². The monoisotopic (exact) mass is 305 g/mol. The first-order valence-electron chi connectivity index (χ1n) is 2.83. The average molecular weight is 305 g/mol. The van der Waals surface area contributed by atoms with Crippen molar-refractivity contribution in [1.29, 1.82) is 0 Å². The Morgan fingerprint density at radius 3 is 2.22 bits per heavy atom. The number of hydrogen-bond acceptors (Lipinski definition) is 0. The molecule has 1 rings (SSSR count). The van der Waals surface area contributed by atoms with Gasteiger partial charge in [0.1, 0.15) is 0 Å². The summed E-state index contributed by atoms with van der Waals surface area (Å²) in [4.78, 5) is 0. The quantitative estimate of drug-likeness (QED) is 0.698. The fourth-order valence-electron chi connectivity index (χ4n) is 0.767. The molecular formula is C8H14Pt. The van der Waals surface area contributed by atoms with Gasteiger partial charge in [0.2, 0.25) is 0 Å². The molecule has 0 heterocycles. The molecule has 0 nitrogen and oxygen atoms in total. The minimum absolute atomic E-state index is 1.18. The third-order valence-corrected chi connectivity index (χ3v) is 6.03. The molecule has 1 aliphatic rings. The summed E-state index contributed by atoms with van der Waals surface area (Å²) in [6.07, 6.45) is 8.11. The van der Waals surface area contributed by atoms with E-state index in [2.05, 4.69) is 34.2 Å². The molecule has 0 amide bonds. The molecule has 0 aromatic rings. The number of allylic oxidation sites excluding steroid dienone is 4. The Morgan fingerprint density at radius 2 is 2.00 bits per heavy atom. The van der Waals surface area contributed by atoms with Crippen molar-refractivity contribution in [1.82, 2.24) is 0 Å². The Bertz CT molecular complexity index is 158. The molecular weight excluding hydrogens is 291 g/mol. The molecule has 0 aromatic heterocycles. The SMILES string of the molecule is [CH3][Pt]([CH3])([CH3])[C]1=CCC=C1. The van der Waals surface area contributed by atoms with E-state index in [0.29, 0.717) is 0 Å². The second-order valence-electron chi connectivity index (χ2n) is 2.61. The van der Waals surface area contributed by atoms with Crippen LogP contribution in [-0.2, 0) is 16.1 Å². The zero-order valence-electron chi connectivity index (χ0n) is 6.26. The molecule has 0 fully saturated rings. The van der Waals surface area contributed by atoms with Gasteiger partial charge in [0.25, 0.3) is 0 Å². The van der Waals surface area contributed by atoms with Crippen LogP contribution in [0.3, 0.4) is 0 Å². The van der Waals surface area contributed by atoms with Crippen LogP contribution in [0.5, 0.6) is 0 Å². The van der Waals surface area contributed by atoms with E-state index in [1.165, 1.54) is 6.42 Å². The zero-order valence-corrected chi connectivity index (χ0v) is 8.53. The Kier molecular flexibility index (Phi) is 1.96. The first kappa shape index (κ1) is 7.28. The third kappa shape index (κ3) is 1.79. The van der Waals surface area contributed by atoms with Gasteiger partial charge in [-0.3, -0.25) is 0 Å². The maximum atomic E-state index is 2.43. The minimum atomic E-state index is -1.34. The molecule has 56 valence electrons. The number of hydrogen-bond donors (Lipinski definition) is 0. The van der Waals surface area contributed by atoms with E-state index in [1.54, 1.807) is 3.96 Å². The van der Waals surface area contributed by atoms with E-state index in [1.807, 2.05) is 0 Å². The summed E-state index contributed by atoms with van der Waals surface area (Å²) in [6, 6.07) is 0. The van der Waals surface area contributed by atoms with Crippen LogP contribution in [0.15, 0.2) is 22.2 Å². The van der Waals surface area contributed by atoms with Crippen LogP contribution in [0.2, 0.25) is 15.9 Å². The van der Waals surface area contributed by atoms with Gasteiger partial charge in [-0.2, -0.15) is 0 Å². The van der Waals surface area contributed by atoms with E-state index in [9.17, 15) is 0 Å². The molecule has 0 aromatic carbocycles. The predicted molar refractivity (Wildman–Crippen MR) is 39.4 cm³/mol. The second-order valence-corrected chi connectivity index (χ2v) is 14.2. The molecule has 0 atom stereocenters. The summed E-state index contributed by atoms with van der Waals surface area (Å²) in [7, 11) is 0. The van der Waals surface area contributed by atoms with Crippen LogP contribution >= 0.6 is 0 Å². The predicted octanol–water partition coefficient (Wildman–Crippen LogP) is 3.13. The molecule has 9 heavy (non-hydrogen) atoms. The van der Waals surface area contributed by atoms with Gasteiger partial charge in [0, 0.05) is 0 Å². The van der Waals surface area contributed by atoms with Gasteiger partial charge < -0.3 is 0 Å². The standard InChI is InChI=1S/C5H5.3CH3.Pt/c1-2-4-5-3-1;;;;/h1-2,5H,3H2;3*1H3;. The van der Waals surface area contributed by atoms with E-state index in [0.717, 1.165) is 0 Å². The molecule has 1 aliphatic carbocycles. The zero-order chi connectivity index (χ0) is 6.91. The molecule has 0 N–H and O–H groups in total. The van der Waals surface area contributed by atoms with Crippen LogP contribution in [0.25, 0.3) is 0 Å². The van der Waals surface area contributed by atoms with Crippen LogP contribution < -0.4 is 0 Å². The van der Waals surface area contributed by atoms with Gasteiger partial charge in [-0.05, 0) is 0 Å². The van der Waals surface area contributed by atoms with Crippen molar-refractivity contribution in [3.63, 3.8) is 0 Å². The topological polar surface area (TPSA) is 0 Å². The molecule has 0 saturated heterocycles. The third-order valence-electron chi connectivity index (χ3n) is 1.25. The van der Waals surface area contributed by atoms with E-state index in [4.69, 9.17) is 0 Å². The van der Waals surface area contributed by atoms with Crippen LogP contribution in [0.1, 0.15) is 6.42 Å². The molecule has 1 heteroatoms. The molecule has 0 spiro atoms. The van der Waals surface area contributed by atoms with Crippen LogP contribution in [-0.4, -0.2) is 0 Å². The van der Waals surface area contributed by atoms with Gasteiger partial charge in [0.15, 0.2) is 0 Å². The van der Waals surface area contributed by atoms with Gasteiger partial charge in [-0.15, -0.1) is 0 Å². The summed E-state index contributed by atoms with van der Waals surface area (Å²) >= 11 is -1.34. The molecule has 0 aliphatic heterocycles. The van der Waals surface area contributed by atoms with Crippen molar-refractivity contribution in [3.8, 4) is 0 Å². The first-order valence-corrected chi connectivity index (χ1v) is 10.8. The average Bonchev–Trinajstić information content (AvgIpc) is 2.08. The Labute approximate surface area is 60.9 Å². The first-order chi connectivity index (χ1) is 4.11. The summed E-state index contributed by atoms with van der Waals surface area (Å²) in [6.45, 7) is 0. The Hall–Kier alpha value is 0.168. The Morgan fingerprint density at radius 1 is 1.33 bits per heavy atom. The van der Waals surface area contributed by atoms with E-state index in [-0.39, 0.29) is 0 Å². The van der Waals surface area contributed by atoms with Crippen molar-refractivity contribution in [2.45, 2.75) is 22.4 Å². The summed E-state index contributed by atoms with van der Waals surface area (Å²) in [5.41, 5.74) is 0.